The summed E-state index contributed by atoms with van der Waals surface area (Å²) in [5.41, 5.74) is -0.226. The van der Waals surface area contributed by atoms with Gasteiger partial charge in [0.25, 0.3) is 0 Å². The van der Waals surface area contributed by atoms with Crippen LogP contribution in [0, 0.1) is 18.3 Å². The summed E-state index contributed by atoms with van der Waals surface area (Å²) < 4.78 is 0. The number of amides is 2. The summed E-state index contributed by atoms with van der Waals surface area (Å²) in [6, 6.07) is 16.0. The number of allylic oxidation sites excluding steroid dienone is 2. The van der Waals surface area contributed by atoms with Gasteiger partial charge in [-0.05, 0) is 62.2 Å². The molecule has 1 N–H and O–H groups in total. The van der Waals surface area contributed by atoms with Crippen LogP contribution in [-0.2, 0) is 0 Å². The Morgan fingerprint density at radius 1 is 1.09 bits per heavy atom. The molecule has 1 aliphatic heterocycles. The highest BCUT2D eigenvalue weighted by atomic mass is 35.5. The standard InChI is InChI=1S/C27H28ClN3O2/c1-6-21(17-20(5)18-29)27(33)26(7-2,8-3)30(23-13-9-19(4)10-14-23)25(32)31(27)24-15-11-22(28)12-16-24/h6,9-17,33H,1,5,7-8H2,2-4H3/b21-17+. The van der Waals surface area contributed by atoms with Gasteiger partial charge in [0.05, 0.1) is 6.07 Å². The van der Waals surface area contributed by atoms with Crippen LogP contribution in [0.15, 0.2) is 85.0 Å². The van der Waals surface area contributed by atoms with E-state index in [1.54, 1.807) is 29.2 Å². The molecule has 0 aromatic heterocycles. The summed E-state index contributed by atoms with van der Waals surface area (Å²) in [6.45, 7) is 13.5. The molecule has 1 aliphatic rings. The molecule has 2 aromatic carbocycles. The molecular formula is C27H28ClN3O2. The van der Waals surface area contributed by atoms with E-state index in [0.717, 1.165) is 5.56 Å². The summed E-state index contributed by atoms with van der Waals surface area (Å²) in [4.78, 5) is 17.1. The van der Waals surface area contributed by atoms with E-state index in [0.29, 0.717) is 34.8 Å². The van der Waals surface area contributed by atoms with Crippen molar-refractivity contribution in [2.45, 2.75) is 44.9 Å². The molecule has 170 valence electrons. The van der Waals surface area contributed by atoms with Crippen molar-refractivity contribution in [1.82, 2.24) is 0 Å². The predicted octanol–water partition coefficient (Wildman–Crippen LogP) is 6.53. The molecule has 33 heavy (non-hydrogen) atoms. The average molecular weight is 462 g/mol. The van der Waals surface area contributed by atoms with E-state index in [2.05, 4.69) is 13.2 Å². The van der Waals surface area contributed by atoms with E-state index in [1.807, 2.05) is 51.1 Å². The molecule has 1 fully saturated rings. The fraction of sp³-hybridized carbons (Fsp3) is 0.259. The highest BCUT2D eigenvalue weighted by Gasteiger charge is 2.67. The monoisotopic (exact) mass is 461 g/mol. The largest absolute Gasteiger partial charge is 0.364 e. The highest BCUT2D eigenvalue weighted by molar-refractivity contribution is 6.30. The molecular weight excluding hydrogens is 434 g/mol. The van der Waals surface area contributed by atoms with E-state index in [-0.39, 0.29) is 11.6 Å². The second-order valence-corrected chi connectivity index (χ2v) is 8.55. The molecule has 0 aliphatic carbocycles. The third-order valence-electron chi connectivity index (χ3n) is 6.43. The first kappa shape index (κ1) is 24.3. The first-order valence-corrected chi connectivity index (χ1v) is 11.2. The summed E-state index contributed by atoms with van der Waals surface area (Å²) in [5.74, 6) is 0. The van der Waals surface area contributed by atoms with Crippen LogP contribution in [0.2, 0.25) is 5.02 Å². The van der Waals surface area contributed by atoms with Gasteiger partial charge < -0.3 is 5.11 Å². The quantitative estimate of drug-likeness (QED) is 0.376. The number of carbonyl (C=O) groups is 1. The third kappa shape index (κ3) is 3.76. The third-order valence-corrected chi connectivity index (χ3v) is 6.68. The fourth-order valence-electron chi connectivity index (χ4n) is 4.70. The molecule has 5 nitrogen and oxygen atoms in total. The van der Waals surface area contributed by atoms with Crippen LogP contribution < -0.4 is 9.80 Å². The van der Waals surface area contributed by atoms with Gasteiger partial charge in [-0.3, -0.25) is 9.80 Å². The second-order valence-electron chi connectivity index (χ2n) is 8.12. The van der Waals surface area contributed by atoms with Crippen LogP contribution in [-0.4, -0.2) is 22.4 Å². The SMILES string of the molecule is C=C/C(=C\C(=C)C#N)C1(O)N(c2ccc(Cl)cc2)C(=O)N(c2ccc(C)cc2)C1(CC)CC. The van der Waals surface area contributed by atoms with Crippen molar-refractivity contribution in [3.63, 3.8) is 0 Å². The lowest BCUT2D eigenvalue weighted by Gasteiger charge is -2.47. The summed E-state index contributed by atoms with van der Waals surface area (Å²) >= 11 is 6.10. The van der Waals surface area contributed by atoms with Crippen molar-refractivity contribution in [2.75, 3.05) is 9.80 Å². The number of halogens is 1. The number of carbonyl (C=O) groups excluding carboxylic acids is 1. The van der Waals surface area contributed by atoms with Gasteiger partial charge in [-0.25, -0.2) is 4.79 Å². The van der Waals surface area contributed by atoms with E-state index in [9.17, 15) is 15.2 Å². The molecule has 2 aromatic rings. The maximum absolute atomic E-state index is 14.1. The second kappa shape index (κ2) is 9.27. The van der Waals surface area contributed by atoms with Crippen LogP contribution in [0.1, 0.15) is 32.3 Å². The molecule has 1 unspecified atom stereocenters. The molecule has 6 heteroatoms. The zero-order chi connectivity index (χ0) is 24.4. The van der Waals surface area contributed by atoms with E-state index >= 15 is 0 Å². The first-order valence-electron chi connectivity index (χ1n) is 10.8. The Kier molecular flexibility index (Phi) is 6.83. The Labute approximate surface area is 200 Å². The molecule has 1 atom stereocenters. The highest BCUT2D eigenvalue weighted by Crippen LogP contribution is 2.52. The number of urea groups is 1. The van der Waals surface area contributed by atoms with Gasteiger partial charge in [-0.15, -0.1) is 0 Å². The molecule has 1 heterocycles. The normalized spacial score (nSPS) is 20.0. The molecule has 2 amide bonds. The van der Waals surface area contributed by atoms with E-state index in [4.69, 9.17) is 11.6 Å². The zero-order valence-corrected chi connectivity index (χ0v) is 19.9. The van der Waals surface area contributed by atoms with Crippen molar-refractivity contribution >= 4 is 29.0 Å². The van der Waals surface area contributed by atoms with Crippen molar-refractivity contribution < 1.29 is 9.90 Å². The lowest BCUT2D eigenvalue weighted by molar-refractivity contribution is 0.0207. The van der Waals surface area contributed by atoms with Gasteiger partial charge >= 0.3 is 6.03 Å². The Hall–Kier alpha value is -3.33. The van der Waals surface area contributed by atoms with Gasteiger partial charge in [-0.1, -0.05) is 62.4 Å². The number of rotatable bonds is 7. The summed E-state index contributed by atoms with van der Waals surface area (Å²) in [5, 5.41) is 22.5. The molecule has 0 spiro atoms. The van der Waals surface area contributed by atoms with Crippen molar-refractivity contribution in [3.05, 3.63) is 95.6 Å². The number of hydrogen-bond acceptors (Lipinski definition) is 3. The predicted molar refractivity (Wildman–Crippen MR) is 134 cm³/mol. The van der Waals surface area contributed by atoms with Crippen LogP contribution >= 0.6 is 11.6 Å². The average Bonchev–Trinajstić information content (AvgIpc) is 3.02. The molecule has 0 bridgehead atoms. The van der Waals surface area contributed by atoms with Crippen LogP contribution in [0.5, 0.6) is 0 Å². The van der Waals surface area contributed by atoms with Crippen LogP contribution in [0.25, 0.3) is 0 Å². The maximum atomic E-state index is 14.1. The lowest BCUT2D eigenvalue weighted by Crippen LogP contribution is -2.62. The number of nitriles is 1. The minimum absolute atomic E-state index is 0.150. The van der Waals surface area contributed by atoms with Gasteiger partial charge in [0.2, 0.25) is 0 Å². The Morgan fingerprint density at radius 2 is 1.61 bits per heavy atom. The molecule has 0 saturated carbocycles. The smallest absolute Gasteiger partial charge is 0.332 e. The first-order chi connectivity index (χ1) is 15.7. The minimum Gasteiger partial charge on any atom is -0.364 e. The van der Waals surface area contributed by atoms with E-state index < -0.39 is 11.3 Å². The fourth-order valence-corrected chi connectivity index (χ4v) is 4.83. The van der Waals surface area contributed by atoms with Gasteiger partial charge in [0.1, 0.15) is 5.54 Å². The number of nitrogens with zero attached hydrogens (tertiary/aromatic N) is 3. The number of hydrogen-bond donors (Lipinski definition) is 1. The Morgan fingerprint density at radius 3 is 2.09 bits per heavy atom. The number of aryl methyl sites for hydroxylation is 1. The number of aliphatic hydroxyl groups is 1. The van der Waals surface area contributed by atoms with Gasteiger partial charge in [0.15, 0.2) is 5.72 Å². The zero-order valence-electron chi connectivity index (χ0n) is 19.2. The number of benzene rings is 2. The van der Waals surface area contributed by atoms with Crippen LogP contribution in [0.4, 0.5) is 16.2 Å². The molecule has 0 radical (unpaired) electrons. The van der Waals surface area contributed by atoms with E-state index in [1.165, 1.54) is 17.1 Å². The summed E-state index contributed by atoms with van der Waals surface area (Å²) in [6.07, 6.45) is 3.85. The topological polar surface area (TPSA) is 67.6 Å². The van der Waals surface area contributed by atoms with Gasteiger partial charge in [-0.2, -0.15) is 5.26 Å². The summed E-state index contributed by atoms with van der Waals surface area (Å²) in [7, 11) is 0. The maximum Gasteiger partial charge on any atom is 0.332 e. The van der Waals surface area contributed by atoms with Gasteiger partial charge in [0, 0.05) is 27.5 Å². The van der Waals surface area contributed by atoms with Crippen molar-refractivity contribution in [2.24, 2.45) is 0 Å². The van der Waals surface area contributed by atoms with Crippen molar-refractivity contribution in [3.8, 4) is 6.07 Å². The minimum atomic E-state index is -1.84. The molecule has 1 saturated heterocycles. The number of anilines is 2. The Bertz CT molecular complexity index is 1140. The van der Waals surface area contributed by atoms with Crippen LogP contribution in [0.3, 0.4) is 0 Å². The Balaban J connectivity index is 2.40. The molecule has 3 rings (SSSR count). The van der Waals surface area contributed by atoms with Crippen molar-refractivity contribution in [1.29, 1.82) is 5.26 Å². The lowest BCUT2D eigenvalue weighted by atomic mass is 9.75.